The largest absolute Gasteiger partial charge is 0.386 e. The number of aliphatic imine (C=N–C) groups is 1. The van der Waals surface area contributed by atoms with Crippen molar-refractivity contribution in [2.24, 2.45) is 10.7 Å². The highest BCUT2D eigenvalue weighted by Gasteiger charge is 2.12. The van der Waals surface area contributed by atoms with Crippen LogP contribution in [0.1, 0.15) is 5.56 Å². The highest BCUT2D eigenvalue weighted by molar-refractivity contribution is 6.00. The van der Waals surface area contributed by atoms with E-state index in [0.717, 1.165) is 5.56 Å². The summed E-state index contributed by atoms with van der Waals surface area (Å²) >= 11 is 0. The Kier molecular flexibility index (Phi) is 2.49. The summed E-state index contributed by atoms with van der Waals surface area (Å²) in [4.78, 5) is 5.69. The summed E-state index contributed by atoms with van der Waals surface area (Å²) < 4.78 is 0. The number of nitrogens with zero attached hydrogens (tertiary/aromatic N) is 2. The number of amidine groups is 2. The minimum atomic E-state index is 0.435. The van der Waals surface area contributed by atoms with Crippen LogP contribution in [-0.4, -0.2) is 23.1 Å². The lowest BCUT2D eigenvalue weighted by molar-refractivity contribution is 0.623. The topological polar surface area (TPSA) is 65.5 Å². The zero-order valence-electron chi connectivity index (χ0n) is 8.22. The lowest BCUT2D eigenvalue weighted by Crippen LogP contribution is -2.36. The van der Waals surface area contributed by atoms with E-state index in [1.807, 2.05) is 30.3 Å². The fourth-order valence-corrected chi connectivity index (χ4v) is 1.39. The molecular formula is C11H12N4. The molecule has 15 heavy (non-hydrogen) atoms. The van der Waals surface area contributed by atoms with Gasteiger partial charge in [-0.2, -0.15) is 0 Å². The summed E-state index contributed by atoms with van der Waals surface area (Å²) in [6, 6.07) is 9.55. The van der Waals surface area contributed by atoms with Gasteiger partial charge in [0.1, 0.15) is 11.7 Å². The summed E-state index contributed by atoms with van der Waals surface area (Å²) in [5.41, 5.74) is 6.47. The second-order valence-electron chi connectivity index (χ2n) is 3.26. The smallest absolute Gasteiger partial charge is 0.132 e. The SMILES string of the molecule is N=C(c1ccccc1)N1C=CN=C(N)C1. The first kappa shape index (κ1) is 9.45. The van der Waals surface area contributed by atoms with Gasteiger partial charge in [-0.15, -0.1) is 0 Å². The van der Waals surface area contributed by atoms with E-state index in [-0.39, 0.29) is 0 Å². The van der Waals surface area contributed by atoms with Crippen molar-refractivity contribution >= 4 is 11.7 Å². The molecule has 0 amide bonds. The van der Waals surface area contributed by atoms with Crippen LogP contribution in [0.3, 0.4) is 0 Å². The van der Waals surface area contributed by atoms with Crippen molar-refractivity contribution in [2.45, 2.75) is 0 Å². The highest BCUT2D eigenvalue weighted by atomic mass is 15.2. The van der Waals surface area contributed by atoms with Crippen LogP contribution >= 0.6 is 0 Å². The first-order valence-electron chi connectivity index (χ1n) is 4.67. The number of hydrogen-bond acceptors (Lipinski definition) is 3. The molecule has 0 atom stereocenters. The van der Waals surface area contributed by atoms with Crippen LogP contribution in [0.25, 0.3) is 0 Å². The maximum atomic E-state index is 7.98. The summed E-state index contributed by atoms with van der Waals surface area (Å²) in [7, 11) is 0. The molecule has 0 unspecified atom stereocenters. The Balaban J connectivity index is 2.17. The van der Waals surface area contributed by atoms with E-state index in [1.165, 1.54) is 0 Å². The number of hydrogen-bond donors (Lipinski definition) is 2. The molecule has 0 bridgehead atoms. The van der Waals surface area contributed by atoms with Gasteiger partial charge in [0, 0.05) is 18.0 Å². The number of nitrogens with one attached hydrogen (secondary N) is 1. The van der Waals surface area contributed by atoms with E-state index in [0.29, 0.717) is 18.2 Å². The Hall–Kier alpha value is -2.10. The van der Waals surface area contributed by atoms with Crippen LogP contribution in [0, 0.1) is 5.41 Å². The number of rotatable bonds is 1. The summed E-state index contributed by atoms with van der Waals surface area (Å²) in [6.45, 7) is 0.476. The molecule has 1 aliphatic heterocycles. The molecule has 2 rings (SSSR count). The quantitative estimate of drug-likeness (QED) is 0.527. The fraction of sp³-hybridized carbons (Fsp3) is 0.0909. The maximum Gasteiger partial charge on any atom is 0.132 e. The van der Waals surface area contributed by atoms with Crippen molar-refractivity contribution in [1.29, 1.82) is 5.41 Å². The second kappa shape index (κ2) is 3.96. The standard InChI is InChI=1S/C11H12N4/c12-10-8-15(7-6-14-10)11(13)9-4-2-1-3-5-9/h1-7,13H,8H2,(H2,12,14). The molecule has 0 saturated heterocycles. The van der Waals surface area contributed by atoms with Gasteiger partial charge < -0.3 is 10.6 Å². The Labute approximate surface area is 88.2 Å². The normalized spacial score (nSPS) is 14.9. The molecule has 1 aliphatic rings. The van der Waals surface area contributed by atoms with Gasteiger partial charge in [0.15, 0.2) is 0 Å². The number of nitrogens with two attached hydrogens (primary N) is 1. The van der Waals surface area contributed by atoms with Gasteiger partial charge in [-0.25, -0.2) is 4.99 Å². The molecule has 3 N–H and O–H groups in total. The van der Waals surface area contributed by atoms with Crippen LogP contribution in [0.15, 0.2) is 47.7 Å². The van der Waals surface area contributed by atoms with E-state index in [2.05, 4.69) is 4.99 Å². The van der Waals surface area contributed by atoms with Crippen LogP contribution < -0.4 is 5.73 Å². The lowest BCUT2D eigenvalue weighted by Gasteiger charge is -2.22. The Morgan fingerprint density at radius 2 is 2.07 bits per heavy atom. The van der Waals surface area contributed by atoms with E-state index in [1.54, 1.807) is 17.3 Å². The number of benzene rings is 1. The van der Waals surface area contributed by atoms with Gasteiger partial charge >= 0.3 is 0 Å². The van der Waals surface area contributed by atoms with E-state index in [9.17, 15) is 0 Å². The third kappa shape index (κ3) is 2.04. The van der Waals surface area contributed by atoms with Gasteiger partial charge in [0.2, 0.25) is 0 Å². The van der Waals surface area contributed by atoms with Crippen molar-refractivity contribution in [3.63, 3.8) is 0 Å². The molecule has 76 valence electrons. The van der Waals surface area contributed by atoms with Crippen LogP contribution in [0.4, 0.5) is 0 Å². The molecule has 0 fully saturated rings. The predicted octanol–water partition coefficient (Wildman–Crippen LogP) is 1.16. The van der Waals surface area contributed by atoms with E-state index < -0.39 is 0 Å². The van der Waals surface area contributed by atoms with Crippen molar-refractivity contribution in [2.75, 3.05) is 6.54 Å². The first-order valence-corrected chi connectivity index (χ1v) is 4.67. The highest BCUT2D eigenvalue weighted by Crippen LogP contribution is 2.06. The fourth-order valence-electron chi connectivity index (χ4n) is 1.39. The van der Waals surface area contributed by atoms with Crippen LogP contribution in [-0.2, 0) is 0 Å². The molecule has 1 aromatic rings. The summed E-state index contributed by atoms with van der Waals surface area (Å²) in [6.07, 6.45) is 3.36. The molecule has 1 aromatic carbocycles. The molecule has 0 radical (unpaired) electrons. The van der Waals surface area contributed by atoms with Crippen molar-refractivity contribution in [3.8, 4) is 0 Å². The van der Waals surface area contributed by atoms with Gasteiger partial charge in [0.25, 0.3) is 0 Å². The minimum Gasteiger partial charge on any atom is -0.386 e. The van der Waals surface area contributed by atoms with Gasteiger partial charge in [0.05, 0.1) is 6.54 Å². The summed E-state index contributed by atoms with van der Waals surface area (Å²) in [5.74, 6) is 0.961. The van der Waals surface area contributed by atoms with Crippen molar-refractivity contribution < 1.29 is 0 Å². The monoisotopic (exact) mass is 200 g/mol. The molecule has 0 aliphatic carbocycles. The molecular weight excluding hydrogens is 188 g/mol. The zero-order valence-corrected chi connectivity index (χ0v) is 8.22. The molecule has 1 heterocycles. The Bertz CT molecular complexity index is 419. The van der Waals surface area contributed by atoms with E-state index >= 15 is 0 Å². The van der Waals surface area contributed by atoms with Crippen molar-refractivity contribution in [1.82, 2.24) is 4.90 Å². The van der Waals surface area contributed by atoms with Gasteiger partial charge in [-0.3, -0.25) is 5.41 Å². The zero-order chi connectivity index (χ0) is 10.7. The van der Waals surface area contributed by atoms with Crippen LogP contribution in [0.2, 0.25) is 0 Å². The molecule has 0 saturated carbocycles. The third-order valence-electron chi connectivity index (χ3n) is 2.15. The molecule has 0 aromatic heterocycles. The summed E-state index contributed by atoms with van der Waals surface area (Å²) in [5, 5.41) is 7.98. The van der Waals surface area contributed by atoms with Gasteiger partial charge in [-0.1, -0.05) is 30.3 Å². The second-order valence-corrected chi connectivity index (χ2v) is 3.26. The molecule has 0 spiro atoms. The lowest BCUT2D eigenvalue weighted by atomic mass is 10.2. The first-order chi connectivity index (χ1) is 7.27. The van der Waals surface area contributed by atoms with E-state index in [4.69, 9.17) is 11.1 Å². The average Bonchev–Trinajstić information content (AvgIpc) is 2.29. The average molecular weight is 200 g/mol. The van der Waals surface area contributed by atoms with Crippen molar-refractivity contribution in [3.05, 3.63) is 48.3 Å². The Morgan fingerprint density at radius 1 is 1.33 bits per heavy atom. The maximum absolute atomic E-state index is 7.98. The molecule has 4 nitrogen and oxygen atoms in total. The minimum absolute atomic E-state index is 0.435. The predicted molar refractivity (Wildman–Crippen MR) is 60.7 cm³/mol. The Morgan fingerprint density at radius 3 is 2.73 bits per heavy atom. The van der Waals surface area contributed by atoms with Gasteiger partial charge in [-0.05, 0) is 0 Å². The van der Waals surface area contributed by atoms with Crippen LogP contribution in [0.5, 0.6) is 0 Å². The molecule has 4 heteroatoms. The third-order valence-corrected chi connectivity index (χ3v) is 2.15.